The van der Waals surface area contributed by atoms with Gasteiger partial charge in [0, 0.05) is 6.07 Å². The fourth-order valence-electron chi connectivity index (χ4n) is 1.54. The Labute approximate surface area is 115 Å². The van der Waals surface area contributed by atoms with Crippen molar-refractivity contribution < 1.29 is 13.3 Å². The Morgan fingerprint density at radius 3 is 2.25 bits per heavy atom. The summed E-state index contributed by atoms with van der Waals surface area (Å²) in [6.45, 7) is 0. The third-order valence-electron chi connectivity index (χ3n) is 2.51. The first kappa shape index (κ1) is 13.9. The summed E-state index contributed by atoms with van der Waals surface area (Å²) in [6.07, 6.45) is 0.987. The lowest BCUT2D eigenvalue weighted by Gasteiger charge is -1.98. The van der Waals surface area contributed by atoms with Crippen molar-refractivity contribution in [1.82, 2.24) is 0 Å². The fourth-order valence-corrected chi connectivity index (χ4v) is 2.42. The van der Waals surface area contributed by atoms with Crippen molar-refractivity contribution in [3.05, 3.63) is 70.3 Å². The molecule has 0 aliphatic rings. The number of nitrogens with zero attached hydrogens (tertiary/aromatic N) is 2. The summed E-state index contributed by atoms with van der Waals surface area (Å²) in [5.74, 6) is 0. The van der Waals surface area contributed by atoms with Gasteiger partial charge in [0.25, 0.3) is 15.7 Å². The van der Waals surface area contributed by atoms with Gasteiger partial charge in [-0.2, -0.15) is 12.8 Å². The standard InChI is InChI=1S/C13H10N2O4S/c16-15(17)13-9-5-4-6-11(13)10-14-20(18,19)12-7-2-1-3-8-12/h1-10H. The smallest absolute Gasteiger partial charge is 0.258 e. The highest BCUT2D eigenvalue weighted by Crippen LogP contribution is 2.17. The van der Waals surface area contributed by atoms with E-state index in [1.54, 1.807) is 24.3 Å². The molecule has 0 bridgehead atoms. The zero-order chi connectivity index (χ0) is 14.6. The summed E-state index contributed by atoms with van der Waals surface area (Å²) in [7, 11) is -3.85. The number of benzene rings is 2. The normalized spacial score (nSPS) is 11.6. The molecule has 2 aromatic rings. The minimum absolute atomic E-state index is 0.0369. The van der Waals surface area contributed by atoms with Crippen LogP contribution in [0.1, 0.15) is 5.56 Å². The zero-order valence-electron chi connectivity index (χ0n) is 10.2. The maximum Gasteiger partial charge on any atom is 0.282 e. The molecular formula is C13H10N2O4S. The second-order valence-corrected chi connectivity index (χ2v) is 5.47. The van der Waals surface area contributed by atoms with Gasteiger partial charge < -0.3 is 0 Å². The Morgan fingerprint density at radius 2 is 1.60 bits per heavy atom. The molecule has 7 heteroatoms. The molecule has 0 spiro atoms. The highest BCUT2D eigenvalue weighted by molar-refractivity contribution is 7.90. The molecular weight excluding hydrogens is 280 g/mol. The van der Waals surface area contributed by atoms with Crippen molar-refractivity contribution in [1.29, 1.82) is 0 Å². The maximum atomic E-state index is 11.9. The van der Waals surface area contributed by atoms with Gasteiger partial charge in [-0.3, -0.25) is 10.1 Å². The molecule has 6 nitrogen and oxygen atoms in total. The largest absolute Gasteiger partial charge is 0.282 e. The van der Waals surface area contributed by atoms with Crippen molar-refractivity contribution in [3.8, 4) is 0 Å². The second kappa shape index (κ2) is 5.62. The van der Waals surface area contributed by atoms with E-state index >= 15 is 0 Å². The van der Waals surface area contributed by atoms with E-state index in [-0.39, 0.29) is 16.1 Å². The van der Waals surface area contributed by atoms with Gasteiger partial charge >= 0.3 is 0 Å². The molecule has 0 fully saturated rings. The number of para-hydroxylation sites is 1. The van der Waals surface area contributed by atoms with Crippen LogP contribution in [0.4, 0.5) is 5.69 Å². The van der Waals surface area contributed by atoms with E-state index < -0.39 is 14.9 Å². The van der Waals surface area contributed by atoms with Crippen LogP contribution in [-0.4, -0.2) is 19.6 Å². The molecule has 102 valence electrons. The quantitative estimate of drug-likeness (QED) is 0.491. The van der Waals surface area contributed by atoms with Gasteiger partial charge in [0.2, 0.25) is 0 Å². The summed E-state index contributed by atoms with van der Waals surface area (Å²) in [6, 6.07) is 13.5. The van der Waals surface area contributed by atoms with Crippen LogP contribution >= 0.6 is 0 Å². The van der Waals surface area contributed by atoms with Crippen molar-refractivity contribution in [2.45, 2.75) is 4.90 Å². The second-order valence-electron chi connectivity index (χ2n) is 3.84. The molecule has 20 heavy (non-hydrogen) atoms. The van der Waals surface area contributed by atoms with Crippen LogP contribution in [0.15, 0.2) is 63.9 Å². The Kier molecular flexibility index (Phi) is 3.90. The summed E-state index contributed by atoms with van der Waals surface area (Å²) < 4.78 is 27.3. The van der Waals surface area contributed by atoms with Crippen LogP contribution in [0.3, 0.4) is 0 Å². The number of nitro groups is 1. The molecule has 0 unspecified atom stereocenters. The molecule has 2 aromatic carbocycles. The van der Waals surface area contributed by atoms with Crippen molar-refractivity contribution >= 4 is 21.9 Å². The van der Waals surface area contributed by atoms with Gasteiger partial charge in [-0.05, 0) is 18.2 Å². The van der Waals surface area contributed by atoms with Crippen LogP contribution in [-0.2, 0) is 10.0 Å². The first-order valence-electron chi connectivity index (χ1n) is 5.59. The van der Waals surface area contributed by atoms with Gasteiger partial charge in [0.1, 0.15) is 0 Å². The number of sulfonamides is 1. The number of nitro benzene ring substituents is 1. The number of rotatable bonds is 4. The van der Waals surface area contributed by atoms with Crippen molar-refractivity contribution in [2.24, 2.45) is 4.40 Å². The topological polar surface area (TPSA) is 89.6 Å². The van der Waals surface area contributed by atoms with Crippen LogP contribution in [0, 0.1) is 10.1 Å². The van der Waals surface area contributed by atoms with Gasteiger partial charge in [0.05, 0.1) is 21.6 Å². The Morgan fingerprint density at radius 1 is 1.00 bits per heavy atom. The lowest BCUT2D eigenvalue weighted by molar-refractivity contribution is -0.385. The maximum absolute atomic E-state index is 11.9. The summed E-state index contributed by atoms with van der Waals surface area (Å²) in [5.41, 5.74) is -0.0588. The highest BCUT2D eigenvalue weighted by atomic mass is 32.2. The predicted octanol–water partition coefficient (Wildman–Crippen LogP) is 2.40. The van der Waals surface area contributed by atoms with E-state index in [2.05, 4.69) is 4.40 Å². The molecule has 0 saturated heterocycles. The highest BCUT2D eigenvalue weighted by Gasteiger charge is 2.14. The van der Waals surface area contributed by atoms with Gasteiger partial charge in [-0.1, -0.05) is 30.3 Å². The molecule has 0 N–H and O–H groups in total. The van der Waals surface area contributed by atoms with Gasteiger partial charge in [-0.15, -0.1) is 0 Å². The molecule has 0 aliphatic carbocycles. The van der Waals surface area contributed by atoms with Crippen LogP contribution in [0.25, 0.3) is 0 Å². The minimum Gasteiger partial charge on any atom is -0.258 e. The monoisotopic (exact) mass is 290 g/mol. The first-order valence-corrected chi connectivity index (χ1v) is 7.03. The van der Waals surface area contributed by atoms with E-state index in [1.807, 2.05) is 0 Å². The first-order chi connectivity index (χ1) is 9.50. The van der Waals surface area contributed by atoms with Crippen LogP contribution < -0.4 is 0 Å². The van der Waals surface area contributed by atoms with E-state index in [0.717, 1.165) is 6.21 Å². The van der Waals surface area contributed by atoms with Crippen LogP contribution in [0.2, 0.25) is 0 Å². The Balaban J connectivity index is 2.38. The fraction of sp³-hybridized carbons (Fsp3) is 0. The molecule has 0 radical (unpaired) electrons. The number of hydrogen-bond donors (Lipinski definition) is 0. The average molecular weight is 290 g/mol. The lowest BCUT2D eigenvalue weighted by atomic mass is 10.2. The van der Waals surface area contributed by atoms with Gasteiger partial charge in [-0.25, -0.2) is 0 Å². The molecule has 2 rings (SSSR count). The van der Waals surface area contributed by atoms with E-state index in [9.17, 15) is 18.5 Å². The third-order valence-corrected chi connectivity index (χ3v) is 3.76. The van der Waals surface area contributed by atoms with Gasteiger partial charge in [0.15, 0.2) is 0 Å². The molecule has 0 amide bonds. The number of hydrogen-bond acceptors (Lipinski definition) is 4. The Hall–Kier alpha value is -2.54. The zero-order valence-corrected chi connectivity index (χ0v) is 11.0. The van der Waals surface area contributed by atoms with Crippen molar-refractivity contribution in [3.63, 3.8) is 0 Å². The minimum atomic E-state index is -3.85. The average Bonchev–Trinajstić information content (AvgIpc) is 2.46. The third kappa shape index (κ3) is 3.07. The summed E-state index contributed by atoms with van der Waals surface area (Å²) >= 11 is 0. The molecule has 0 atom stereocenters. The molecule has 0 aromatic heterocycles. The van der Waals surface area contributed by atoms with E-state index in [1.165, 1.54) is 30.3 Å². The Bertz CT molecular complexity index is 755. The molecule has 0 heterocycles. The SMILES string of the molecule is O=[N+]([O-])c1ccccc1C=NS(=O)(=O)c1ccccc1. The van der Waals surface area contributed by atoms with Crippen LogP contribution in [0.5, 0.6) is 0 Å². The lowest BCUT2D eigenvalue weighted by Crippen LogP contribution is -1.99. The van der Waals surface area contributed by atoms with E-state index in [0.29, 0.717) is 0 Å². The summed E-state index contributed by atoms with van der Waals surface area (Å²) in [5, 5.41) is 10.8. The van der Waals surface area contributed by atoms with E-state index in [4.69, 9.17) is 0 Å². The molecule has 0 saturated carbocycles. The molecule has 0 aliphatic heterocycles. The summed E-state index contributed by atoms with van der Waals surface area (Å²) in [4.78, 5) is 10.3. The van der Waals surface area contributed by atoms with Crippen molar-refractivity contribution in [2.75, 3.05) is 0 Å². The predicted molar refractivity (Wildman–Crippen MR) is 74.3 cm³/mol.